The zero-order chi connectivity index (χ0) is 10.6. The molecule has 2 amide bonds. The van der Waals surface area contributed by atoms with Crippen molar-refractivity contribution in [2.75, 3.05) is 20.6 Å². The second-order valence-electron chi connectivity index (χ2n) is 3.09. The summed E-state index contributed by atoms with van der Waals surface area (Å²) in [4.78, 5) is 12.6. The number of amides is 2. The molecule has 0 atom stereocenters. The van der Waals surface area contributed by atoms with Crippen molar-refractivity contribution in [2.24, 2.45) is 0 Å². The summed E-state index contributed by atoms with van der Waals surface area (Å²) < 4.78 is 5.14. The van der Waals surface area contributed by atoms with Gasteiger partial charge in [0.1, 0.15) is 0 Å². The lowest BCUT2D eigenvalue weighted by atomic mass is 10.4. The molecule has 1 aromatic rings. The number of nitrogens with one attached hydrogen (secondary N) is 1. The van der Waals surface area contributed by atoms with E-state index in [1.165, 1.54) is 4.90 Å². The van der Waals surface area contributed by atoms with E-state index < -0.39 is 0 Å². The van der Waals surface area contributed by atoms with Gasteiger partial charge in [-0.05, 0) is 0 Å². The highest BCUT2D eigenvalue weighted by Gasteiger charge is 2.04. The average molecular weight is 198 g/mol. The molecule has 0 aromatic carbocycles. The van der Waals surface area contributed by atoms with Crippen LogP contribution >= 0.6 is 0 Å². The molecule has 0 aliphatic carbocycles. The van der Waals surface area contributed by atoms with Crippen molar-refractivity contribution in [3.63, 3.8) is 0 Å². The molecule has 1 rings (SSSR count). The number of urea groups is 1. The Morgan fingerprint density at radius 3 is 2.71 bits per heavy atom. The number of nitrogens with zero attached hydrogens (tertiary/aromatic N) is 3. The molecular formula is C8H14N4O2. The van der Waals surface area contributed by atoms with Crippen LogP contribution in [-0.2, 0) is 6.42 Å². The van der Waals surface area contributed by atoms with Crippen LogP contribution in [0.5, 0.6) is 0 Å². The fourth-order valence-electron chi connectivity index (χ4n) is 0.873. The Morgan fingerprint density at radius 1 is 1.50 bits per heavy atom. The first-order valence-corrected chi connectivity index (χ1v) is 4.33. The van der Waals surface area contributed by atoms with Crippen molar-refractivity contribution in [3.8, 4) is 0 Å². The quantitative estimate of drug-likeness (QED) is 0.752. The van der Waals surface area contributed by atoms with Crippen LogP contribution in [-0.4, -0.2) is 41.8 Å². The molecule has 78 valence electrons. The van der Waals surface area contributed by atoms with Crippen LogP contribution in [0.3, 0.4) is 0 Å². The Balaban J connectivity index is 2.25. The first-order chi connectivity index (χ1) is 6.59. The molecule has 0 unspecified atom stereocenters. The number of rotatable bonds is 3. The summed E-state index contributed by atoms with van der Waals surface area (Å²) in [7, 11) is 3.37. The summed E-state index contributed by atoms with van der Waals surface area (Å²) in [6.45, 7) is 2.23. The zero-order valence-corrected chi connectivity index (χ0v) is 8.57. The summed E-state index contributed by atoms with van der Waals surface area (Å²) in [6.07, 6.45) is 0.556. The fraction of sp³-hybridized carbons (Fsp3) is 0.625. The van der Waals surface area contributed by atoms with Crippen molar-refractivity contribution >= 4 is 6.03 Å². The Bertz CT molecular complexity index is 308. The number of aryl methyl sites for hydroxylation is 1. The number of carbonyl (C=O) groups excluding carboxylic acids is 1. The van der Waals surface area contributed by atoms with Crippen LogP contribution in [0.25, 0.3) is 0 Å². The molecule has 14 heavy (non-hydrogen) atoms. The summed E-state index contributed by atoms with van der Waals surface area (Å²) in [5.74, 6) is 1.08. The van der Waals surface area contributed by atoms with Crippen LogP contribution in [0.4, 0.5) is 4.79 Å². The number of aromatic nitrogens is 2. The third-order valence-electron chi connectivity index (χ3n) is 1.59. The molecule has 0 bridgehead atoms. The van der Waals surface area contributed by atoms with Crippen LogP contribution in [0.2, 0.25) is 0 Å². The number of hydrogen-bond donors (Lipinski definition) is 1. The van der Waals surface area contributed by atoms with Gasteiger partial charge in [0.25, 0.3) is 0 Å². The molecule has 0 spiro atoms. The molecule has 0 saturated carbocycles. The highest BCUT2D eigenvalue weighted by atomic mass is 16.4. The highest BCUT2D eigenvalue weighted by Crippen LogP contribution is 1.97. The third kappa shape index (κ3) is 3.04. The van der Waals surface area contributed by atoms with Gasteiger partial charge in [0, 0.05) is 34.0 Å². The highest BCUT2D eigenvalue weighted by molar-refractivity contribution is 5.73. The lowest BCUT2D eigenvalue weighted by molar-refractivity contribution is 0.217. The van der Waals surface area contributed by atoms with E-state index in [4.69, 9.17) is 4.42 Å². The topological polar surface area (TPSA) is 71.3 Å². The van der Waals surface area contributed by atoms with Crippen molar-refractivity contribution in [1.29, 1.82) is 0 Å². The van der Waals surface area contributed by atoms with E-state index in [9.17, 15) is 4.79 Å². The third-order valence-corrected chi connectivity index (χ3v) is 1.59. The van der Waals surface area contributed by atoms with Crippen LogP contribution in [0, 0.1) is 6.92 Å². The van der Waals surface area contributed by atoms with Gasteiger partial charge >= 0.3 is 6.03 Å². The first-order valence-electron chi connectivity index (χ1n) is 4.33. The second kappa shape index (κ2) is 4.59. The maximum absolute atomic E-state index is 11.1. The Labute approximate surface area is 82.3 Å². The maximum atomic E-state index is 11.1. The van der Waals surface area contributed by atoms with E-state index >= 15 is 0 Å². The van der Waals surface area contributed by atoms with E-state index in [0.29, 0.717) is 24.7 Å². The lowest BCUT2D eigenvalue weighted by Gasteiger charge is -2.10. The fourth-order valence-corrected chi connectivity index (χ4v) is 0.873. The molecule has 6 nitrogen and oxygen atoms in total. The smallest absolute Gasteiger partial charge is 0.316 e. The lowest BCUT2D eigenvalue weighted by Crippen LogP contribution is -2.35. The molecule has 0 radical (unpaired) electrons. The van der Waals surface area contributed by atoms with Gasteiger partial charge in [0.15, 0.2) is 0 Å². The predicted octanol–water partition coefficient (Wildman–Crippen LogP) is 0.192. The van der Waals surface area contributed by atoms with Gasteiger partial charge in [-0.25, -0.2) is 4.79 Å². The minimum absolute atomic E-state index is 0.124. The molecule has 6 heteroatoms. The van der Waals surface area contributed by atoms with E-state index in [2.05, 4.69) is 15.5 Å². The largest absolute Gasteiger partial charge is 0.426 e. The Morgan fingerprint density at radius 2 is 2.21 bits per heavy atom. The first kappa shape index (κ1) is 10.5. The molecular weight excluding hydrogens is 184 g/mol. The van der Waals surface area contributed by atoms with Crippen LogP contribution in [0.1, 0.15) is 11.8 Å². The SMILES string of the molecule is Cc1nnc(CCNC(=O)N(C)C)o1. The van der Waals surface area contributed by atoms with Gasteiger partial charge in [0.05, 0.1) is 0 Å². The van der Waals surface area contributed by atoms with E-state index in [-0.39, 0.29) is 6.03 Å². The van der Waals surface area contributed by atoms with Crippen LogP contribution < -0.4 is 5.32 Å². The van der Waals surface area contributed by atoms with Gasteiger partial charge < -0.3 is 14.6 Å². The Hall–Kier alpha value is -1.59. The van der Waals surface area contributed by atoms with Crippen LogP contribution in [0.15, 0.2) is 4.42 Å². The number of carbonyl (C=O) groups is 1. The van der Waals surface area contributed by atoms with Crippen molar-refractivity contribution < 1.29 is 9.21 Å². The summed E-state index contributed by atoms with van der Waals surface area (Å²) in [5.41, 5.74) is 0. The average Bonchev–Trinajstić information content (AvgIpc) is 2.51. The van der Waals surface area contributed by atoms with Gasteiger partial charge in [-0.15, -0.1) is 10.2 Å². The molecule has 1 heterocycles. The van der Waals surface area contributed by atoms with E-state index in [1.807, 2.05) is 0 Å². The summed E-state index contributed by atoms with van der Waals surface area (Å²) in [5, 5.41) is 10.2. The van der Waals surface area contributed by atoms with Gasteiger partial charge in [0.2, 0.25) is 11.8 Å². The minimum atomic E-state index is -0.124. The molecule has 0 fully saturated rings. The van der Waals surface area contributed by atoms with Gasteiger partial charge in [-0.1, -0.05) is 0 Å². The molecule has 0 saturated heterocycles. The Kier molecular flexibility index (Phi) is 3.44. The standard InChI is InChI=1S/C8H14N4O2/c1-6-10-11-7(14-6)4-5-9-8(13)12(2)3/h4-5H2,1-3H3,(H,9,13). The summed E-state index contributed by atoms with van der Waals surface area (Å²) >= 11 is 0. The second-order valence-corrected chi connectivity index (χ2v) is 3.09. The van der Waals surface area contributed by atoms with E-state index in [0.717, 1.165) is 0 Å². The van der Waals surface area contributed by atoms with Crippen molar-refractivity contribution in [1.82, 2.24) is 20.4 Å². The van der Waals surface area contributed by atoms with Crippen molar-refractivity contribution in [2.45, 2.75) is 13.3 Å². The normalized spacial score (nSPS) is 9.93. The van der Waals surface area contributed by atoms with Crippen molar-refractivity contribution in [3.05, 3.63) is 11.8 Å². The van der Waals surface area contributed by atoms with E-state index in [1.54, 1.807) is 21.0 Å². The monoisotopic (exact) mass is 198 g/mol. The zero-order valence-electron chi connectivity index (χ0n) is 8.57. The molecule has 0 aliphatic rings. The predicted molar refractivity (Wildman–Crippen MR) is 49.8 cm³/mol. The van der Waals surface area contributed by atoms with Gasteiger partial charge in [-0.2, -0.15) is 0 Å². The number of hydrogen-bond acceptors (Lipinski definition) is 4. The summed E-state index contributed by atoms with van der Waals surface area (Å²) in [6, 6.07) is -0.124. The molecule has 1 N–H and O–H groups in total. The maximum Gasteiger partial charge on any atom is 0.316 e. The molecule has 1 aromatic heterocycles. The van der Waals surface area contributed by atoms with Gasteiger partial charge in [-0.3, -0.25) is 0 Å². The minimum Gasteiger partial charge on any atom is -0.426 e. The molecule has 0 aliphatic heterocycles.